The fourth-order valence-electron chi connectivity index (χ4n) is 2.90. The van der Waals surface area contributed by atoms with Crippen LogP contribution in [0.2, 0.25) is 0 Å². The maximum absolute atomic E-state index is 12.6. The van der Waals surface area contributed by atoms with Crippen LogP contribution in [0, 0.1) is 6.92 Å². The molecule has 0 aliphatic carbocycles. The van der Waals surface area contributed by atoms with Gasteiger partial charge >= 0.3 is 0 Å². The summed E-state index contributed by atoms with van der Waals surface area (Å²) in [5.74, 6) is 0.566. The summed E-state index contributed by atoms with van der Waals surface area (Å²) >= 11 is 0. The molecule has 1 fully saturated rings. The number of carbonyl (C=O) groups is 2. The number of rotatable bonds is 4. The molecule has 1 aliphatic rings. The Labute approximate surface area is 147 Å². The monoisotopic (exact) mass is 342 g/mol. The summed E-state index contributed by atoms with van der Waals surface area (Å²) < 4.78 is 10.7. The lowest BCUT2D eigenvalue weighted by atomic mass is 10.2. The van der Waals surface area contributed by atoms with Crippen LogP contribution in [0.15, 0.2) is 47.3 Å². The SMILES string of the molecule is Cc1cccc(OC(C)C(=O)N2CCN(C(=O)c3ccoc3)CC2)c1. The molecule has 25 heavy (non-hydrogen) atoms. The number of furan rings is 1. The van der Waals surface area contributed by atoms with Crippen molar-refractivity contribution in [1.29, 1.82) is 0 Å². The number of nitrogens with zero attached hydrogens (tertiary/aromatic N) is 2. The highest BCUT2D eigenvalue weighted by molar-refractivity contribution is 5.94. The summed E-state index contributed by atoms with van der Waals surface area (Å²) in [6, 6.07) is 9.29. The van der Waals surface area contributed by atoms with Crippen molar-refractivity contribution >= 4 is 11.8 Å². The molecule has 1 unspecified atom stereocenters. The molecule has 1 aliphatic heterocycles. The average Bonchev–Trinajstić information content (AvgIpc) is 3.15. The second-order valence-electron chi connectivity index (χ2n) is 6.21. The van der Waals surface area contributed by atoms with Gasteiger partial charge in [-0.05, 0) is 37.6 Å². The van der Waals surface area contributed by atoms with Crippen LogP contribution < -0.4 is 4.74 Å². The maximum atomic E-state index is 12.6. The third-order valence-electron chi connectivity index (χ3n) is 4.30. The van der Waals surface area contributed by atoms with Crippen LogP contribution in [-0.4, -0.2) is 53.9 Å². The molecular formula is C19H22N2O4. The second-order valence-corrected chi connectivity index (χ2v) is 6.21. The number of amides is 2. The molecule has 0 radical (unpaired) electrons. The summed E-state index contributed by atoms with van der Waals surface area (Å²) in [5.41, 5.74) is 1.62. The lowest BCUT2D eigenvalue weighted by molar-refractivity contribution is -0.139. The van der Waals surface area contributed by atoms with E-state index in [0.717, 1.165) is 5.56 Å². The second kappa shape index (κ2) is 7.42. The number of carbonyl (C=O) groups excluding carboxylic acids is 2. The first-order chi connectivity index (χ1) is 12.0. The summed E-state index contributed by atoms with van der Waals surface area (Å²) in [5, 5.41) is 0. The van der Waals surface area contributed by atoms with E-state index in [1.165, 1.54) is 12.5 Å². The molecule has 0 bridgehead atoms. The molecule has 0 N–H and O–H groups in total. The lowest BCUT2D eigenvalue weighted by Gasteiger charge is -2.35. The quantitative estimate of drug-likeness (QED) is 0.856. The number of hydrogen-bond donors (Lipinski definition) is 0. The van der Waals surface area contributed by atoms with Crippen molar-refractivity contribution in [3.05, 3.63) is 54.0 Å². The highest BCUT2D eigenvalue weighted by atomic mass is 16.5. The van der Waals surface area contributed by atoms with Gasteiger partial charge in [0.2, 0.25) is 0 Å². The minimum atomic E-state index is -0.557. The Hall–Kier alpha value is -2.76. The third-order valence-corrected chi connectivity index (χ3v) is 4.30. The largest absolute Gasteiger partial charge is 0.481 e. The first kappa shape index (κ1) is 17.1. The van der Waals surface area contributed by atoms with Gasteiger partial charge in [-0.1, -0.05) is 12.1 Å². The van der Waals surface area contributed by atoms with Gasteiger partial charge in [0.25, 0.3) is 11.8 Å². The van der Waals surface area contributed by atoms with Gasteiger partial charge in [-0.2, -0.15) is 0 Å². The van der Waals surface area contributed by atoms with Crippen LogP contribution in [0.4, 0.5) is 0 Å². The average molecular weight is 342 g/mol. The van der Waals surface area contributed by atoms with Gasteiger partial charge < -0.3 is 19.0 Å². The molecule has 0 saturated carbocycles. The molecule has 0 spiro atoms. The van der Waals surface area contributed by atoms with Gasteiger partial charge in [-0.25, -0.2) is 0 Å². The first-order valence-corrected chi connectivity index (χ1v) is 8.38. The number of benzene rings is 1. The zero-order valence-corrected chi connectivity index (χ0v) is 14.5. The third kappa shape index (κ3) is 4.02. The van der Waals surface area contributed by atoms with Crippen LogP contribution >= 0.6 is 0 Å². The fourth-order valence-corrected chi connectivity index (χ4v) is 2.90. The first-order valence-electron chi connectivity index (χ1n) is 8.38. The minimum Gasteiger partial charge on any atom is -0.481 e. The van der Waals surface area contributed by atoms with Crippen molar-refractivity contribution in [2.75, 3.05) is 26.2 Å². The summed E-state index contributed by atoms with van der Waals surface area (Å²) in [6.45, 7) is 5.76. The molecule has 6 heteroatoms. The Morgan fingerprint density at radius 1 is 1.12 bits per heavy atom. The van der Waals surface area contributed by atoms with E-state index in [0.29, 0.717) is 37.5 Å². The lowest BCUT2D eigenvalue weighted by Crippen LogP contribution is -2.53. The normalized spacial score (nSPS) is 15.8. The number of ether oxygens (including phenoxy) is 1. The van der Waals surface area contributed by atoms with Crippen LogP contribution in [-0.2, 0) is 4.79 Å². The zero-order valence-electron chi connectivity index (χ0n) is 14.5. The van der Waals surface area contributed by atoms with E-state index in [9.17, 15) is 9.59 Å². The van der Waals surface area contributed by atoms with Gasteiger partial charge in [-0.15, -0.1) is 0 Å². The van der Waals surface area contributed by atoms with E-state index in [-0.39, 0.29) is 11.8 Å². The van der Waals surface area contributed by atoms with E-state index >= 15 is 0 Å². The number of hydrogen-bond acceptors (Lipinski definition) is 4. The predicted molar refractivity (Wildman–Crippen MR) is 92.5 cm³/mol. The van der Waals surface area contributed by atoms with Gasteiger partial charge in [-0.3, -0.25) is 9.59 Å². The Morgan fingerprint density at radius 2 is 1.84 bits per heavy atom. The number of piperazine rings is 1. The van der Waals surface area contributed by atoms with Gasteiger partial charge in [0.1, 0.15) is 12.0 Å². The molecule has 6 nitrogen and oxygen atoms in total. The Bertz CT molecular complexity index is 734. The van der Waals surface area contributed by atoms with Gasteiger partial charge in [0, 0.05) is 26.2 Å². The summed E-state index contributed by atoms with van der Waals surface area (Å²) in [4.78, 5) is 28.3. The van der Waals surface area contributed by atoms with Crippen molar-refractivity contribution in [3.8, 4) is 5.75 Å². The Morgan fingerprint density at radius 3 is 2.48 bits per heavy atom. The predicted octanol–water partition coefficient (Wildman–Crippen LogP) is 2.34. The standard InChI is InChI=1S/C19H22N2O4/c1-14-4-3-5-17(12-14)25-15(2)18(22)20-7-9-21(10-8-20)19(23)16-6-11-24-13-16/h3-6,11-13,15H,7-10H2,1-2H3. The minimum absolute atomic E-state index is 0.0584. The van der Waals surface area contributed by atoms with Crippen LogP contribution in [0.25, 0.3) is 0 Å². The van der Waals surface area contributed by atoms with E-state index in [4.69, 9.17) is 9.15 Å². The van der Waals surface area contributed by atoms with Gasteiger partial charge in [0.05, 0.1) is 11.8 Å². The van der Waals surface area contributed by atoms with E-state index < -0.39 is 6.10 Å². The van der Waals surface area contributed by atoms with Crippen LogP contribution in [0.3, 0.4) is 0 Å². The molecule has 2 amide bonds. The van der Waals surface area contributed by atoms with Crippen molar-refractivity contribution in [2.24, 2.45) is 0 Å². The fraction of sp³-hybridized carbons (Fsp3) is 0.368. The van der Waals surface area contributed by atoms with Crippen molar-refractivity contribution in [2.45, 2.75) is 20.0 Å². The van der Waals surface area contributed by atoms with Crippen molar-refractivity contribution in [3.63, 3.8) is 0 Å². The number of aryl methyl sites for hydroxylation is 1. The van der Waals surface area contributed by atoms with E-state index in [2.05, 4.69) is 0 Å². The highest BCUT2D eigenvalue weighted by Gasteiger charge is 2.28. The molecule has 1 aromatic carbocycles. The maximum Gasteiger partial charge on any atom is 0.263 e. The summed E-state index contributed by atoms with van der Waals surface area (Å²) in [7, 11) is 0. The Balaban J connectivity index is 1.53. The summed E-state index contributed by atoms with van der Waals surface area (Å²) in [6.07, 6.45) is 2.37. The van der Waals surface area contributed by atoms with Crippen molar-refractivity contribution in [1.82, 2.24) is 9.80 Å². The van der Waals surface area contributed by atoms with Gasteiger partial charge in [0.15, 0.2) is 6.10 Å². The molecule has 1 atom stereocenters. The van der Waals surface area contributed by atoms with Crippen molar-refractivity contribution < 1.29 is 18.7 Å². The molecule has 1 saturated heterocycles. The van der Waals surface area contributed by atoms with Crippen LogP contribution in [0.1, 0.15) is 22.8 Å². The molecule has 2 aromatic rings. The molecule has 2 heterocycles. The Kier molecular flexibility index (Phi) is 5.07. The molecule has 132 valence electrons. The smallest absolute Gasteiger partial charge is 0.263 e. The zero-order chi connectivity index (χ0) is 17.8. The molecular weight excluding hydrogens is 320 g/mol. The van der Waals surface area contributed by atoms with E-state index in [1.807, 2.05) is 31.2 Å². The topological polar surface area (TPSA) is 63.0 Å². The van der Waals surface area contributed by atoms with E-state index in [1.54, 1.807) is 22.8 Å². The highest BCUT2D eigenvalue weighted by Crippen LogP contribution is 2.16. The molecule has 3 rings (SSSR count). The molecule has 1 aromatic heterocycles. The van der Waals surface area contributed by atoms with Crippen LogP contribution in [0.5, 0.6) is 5.75 Å².